The van der Waals surface area contributed by atoms with E-state index >= 15 is 0 Å². The van der Waals surface area contributed by atoms with Gasteiger partial charge in [-0.3, -0.25) is 4.79 Å². The van der Waals surface area contributed by atoms with Gasteiger partial charge in [0.2, 0.25) is 0 Å². The molecule has 1 rings (SSSR count). The summed E-state index contributed by atoms with van der Waals surface area (Å²) in [4.78, 5) is 14.3. The van der Waals surface area contributed by atoms with Gasteiger partial charge in [-0.25, -0.2) is 4.98 Å². The summed E-state index contributed by atoms with van der Waals surface area (Å²) in [5, 5.41) is 8.88. The van der Waals surface area contributed by atoms with Crippen LogP contribution in [0.5, 0.6) is 0 Å². The Balaban J connectivity index is 2.71. The zero-order chi connectivity index (χ0) is 9.84. The second kappa shape index (κ2) is 4.23. The number of pyridine rings is 1. The Morgan fingerprint density at radius 3 is 2.85 bits per heavy atom. The number of aryl methyl sites for hydroxylation is 2. The van der Waals surface area contributed by atoms with Crippen molar-refractivity contribution in [2.75, 3.05) is 0 Å². The number of nitrogens with zero attached hydrogens (tertiary/aromatic N) is 1. The van der Waals surface area contributed by atoms with Gasteiger partial charge >= 0.3 is 5.97 Å². The van der Waals surface area contributed by atoms with Crippen LogP contribution >= 0.6 is 11.6 Å². The van der Waals surface area contributed by atoms with Crippen LogP contribution in [-0.4, -0.2) is 16.1 Å². The molecule has 1 aromatic heterocycles. The number of halogens is 1. The average Bonchev–Trinajstić information content (AvgIpc) is 1.99. The maximum absolute atomic E-state index is 10.3. The van der Waals surface area contributed by atoms with Crippen LogP contribution in [0.1, 0.15) is 17.7 Å². The molecule has 3 nitrogen and oxygen atoms in total. The van der Waals surface area contributed by atoms with Gasteiger partial charge in [-0.1, -0.05) is 11.6 Å². The summed E-state index contributed by atoms with van der Waals surface area (Å²) in [7, 11) is 0. The van der Waals surface area contributed by atoms with E-state index in [1.807, 2.05) is 13.0 Å². The van der Waals surface area contributed by atoms with E-state index in [0.29, 0.717) is 11.6 Å². The summed E-state index contributed by atoms with van der Waals surface area (Å²) in [6.07, 6.45) is 0.623. The predicted molar refractivity (Wildman–Crippen MR) is 49.9 cm³/mol. The summed E-state index contributed by atoms with van der Waals surface area (Å²) in [6.45, 7) is 1.83. The van der Waals surface area contributed by atoms with E-state index in [4.69, 9.17) is 16.7 Å². The molecular formula is C9H10ClNO2. The van der Waals surface area contributed by atoms with Crippen LogP contribution in [0.15, 0.2) is 12.1 Å². The number of hydrogen-bond donors (Lipinski definition) is 1. The zero-order valence-corrected chi connectivity index (χ0v) is 8.01. The number of aliphatic carboxylic acids is 1. The summed E-state index contributed by atoms with van der Waals surface area (Å²) < 4.78 is 0. The van der Waals surface area contributed by atoms with Gasteiger partial charge < -0.3 is 5.11 Å². The normalized spacial score (nSPS) is 10.0. The molecular weight excluding hydrogens is 190 g/mol. The molecule has 0 aliphatic carbocycles. The van der Waals surface area contributed by atoms with E-state index in [-0.39, 0.29) is 6.42 Å². The van der Waals surface area contributed by atoms with Crippen molar-refractivity contribution >= 4 is 17.6 Å². The van der Waals surface area contributed by atoms with Crippen molar-refractivity contribution in [3.63, 3.8) is 0 Å². The standard InChI is InChI=1S/C9H10ClNO2/c1-6-4-7(2-3-9(12)13)5-8(10)11-6/h4-5H,2-3H2,1H3,(H,12,13). The third-order valence-electron chi connectivity index (χ3n) is 1.61. The molecule has 0 bridgehead atoms. The van der Waals surface area contributed by atoms with Crippen LogP contribution in [0.2, 0.25) is 5.15 Å². The maximum atomic E-state index is 10.3. The highest BCUT2D eigenvalue weighted by Gasteiger charge is 2.01. The fourth-order valence-corrected chi connectivity index (χ4v) is 1.37. The monoisotopic (exact) mass is 199 g/mol. The van der Waals surface area contributed by atoms with Gasteiger partial charge in [0.15, 0.2) is 0 Å². The Labute approximate surface area is 81.4 Å². The Morgan fingerprint density at radius 2 is 2.31 bits per heavy atom. The molecule has 1 heterocycles. The molecule has 0 aliphatic rings. The fraction of sp³-hybridized carbons (Fsp3) is 0.333. The summed E-state index contributed by atoms with van der Waals surface area (Å²) in [5.74, 6) is -0.800. The molecule has 13 heavy (non-hydrogen) atoms. The number of hydrogen-bond acceptors (Lipinski definition) is 2. The van der Waals surface area contributed by atoms with Gasteiger partial charge in [-0.15, -0.1) is 0 Å². The van der Waals surface area contributed by atoms with Crippen molar-refractivity contribution in [3.8, 4) is 0 Å². The summed E-state index contributed by atoms with van der Waals surface area (Å²) in [6, 6.07) is 3.53. The summed E-state index contributed by atoms with van der Waals surface area (Å²) >= 11 is 5.71. The SMILES string of the molecule is Cc1cc(CCC(=O)O)cc(Cl)n1. The lowest BCUT2D eigenvalue weighted by atomic mass is 10.1. The third-order valence-corrected chi connectivity index (χ3v) is 1.80. The molecule has 0 amide bonds. The van der Waals surface area contributed by atoms with E-state index in [1.54, 1.807) is 6.07 Å². The van der Waals surface area contributed by atoms with Gasteiger partial charge in [0.1, 0.15) is 5.15 Å². The molecule has 0 radical (unpaired) electrons. The molecule has 0 atom stereocenters. The zero-order valence-electron chi connectivity index (χ0n) is 7.25. The van der Waals surface area contributed by atoms with Gasteiger partial charge in [0.25, 0.3) is 0 Å². The number of carbonyl (C=O) groups is 1. The quantitative estimate of drug-likeness (QED) is 0.759. The molecule has 0 aromatic carbocycles. The third kappa shape index (κ3) is 3.42. The van der Waals surface area contributed by atoms with E-state index in [1.165, 1.54) is 0 Å². The van der Waals surface area contributed by atoms with Crippen molar-refractivity contribution in [1.29, 1.82) is 0 Å². The molecule has 1 N–H and O–H groups in total. The lowest BCUT2D eigenvalue weighted by Crippen LogP contribution is -1.98. The van der Waals surface area contributed by atoms with Gasteiger partial charge in [-0.2, -0.15) is 0 Å². The van der Waals surface area contributed by atoms with Gasteiger partial charge in [-0.05, 0) is 31.0 Å². The van der Waals surface area contributed by atoms with E-state index in [9.17, 15) is 4.79 Å². The van der Waals surface area contributed by atoms with Gasteiger partial charge in [0, 0.05) is 12.1 Å². The smallest absolute Gasteiger partial charge is 0.303 e. The van der Waals surface area contributed by atoms with Crippen LogP contribution in [0.4, 0.5) is 0 Å². The molecule has 0 saturated carbocycles. The lowest BCUT2D eigenvalue weighted by Gasteiger charge is -2.00. The van der Waals surface area contributed by atoms with Crippen LogP contribution < -0.4 is 0 Å². The van der Waals surface area contributed by atoms with E-state index in [0.717, 1.165) is 11.3 Å². The number of carboxylic acid groups (broad SMARTS) is 1. The highest BCUT2D eigenvalue weighted by atomic mass is 35.5. The van der Waals surface area contributed by atoms with E-state index in [2.05, 4.69) is 4.98 Å². The largest absolute Gasteiger partial charge is 0.481 e. The Morgan fingerprint density at radius 1 is 1.62 bits per heavy atom. The van der Waals surface area contributed by atoms with Crippen molar-refractivity contribution < 1.29 is 9.90 Å². The van der Waals surface area contributed by atoms with Crippen LogP contribution in [-0.2, 0) is 11.2 Å². The lowest BCUT2D eigenvalue weighted by molar-refractivity contribution is -0.136. The molecule has 1 aromatic rings. The minimum absolute atomic E-state index is 0.125. The number of aromatic nitrogens is 1. The van der Waals surface area contributed by atoms with Crippen molar-refractivity contribution in [1.82, 2.24) is 4.98 Å². The minimum atomic E-state index is -0.800. The molecule has 0 unspecified atom stereocenters. The highest BCUT2D eigenvalue weighted by molar-refractivity contribution is 6.29. The van der Waals surface area contributed by atoms with Crippen LogP contribution in [0.3, 0.4) is 0 Å². The predicted octanol–water partition coefficient (Wildman–Crippen LogP) is 2.06. The second-order valence-corrected chi connectivity index (χ2v) is 3.22. The van der Waals surface area contributed by atoms with E-state index < -0.39 is 5.97 Å². The van der Waals surface area contributed by atoms with Crippen molar-refractivity contribution in [2.24, 2.45) is 0 Å². The Kier molecular flexibility index (Phi) is 3.25. The molecule has 4 heteroatoms. The molecule has 0 spiro atoms. The first-order valence-corrected chi connectivity index (χ1v) is 4.30. The fourth-order valence-electron chi connectivity index (χ4n) is 1.09. The first-order chi connectivity index (χ1) is 6.08. The number of rotatable bonds is 3. The topological polar surface area (TPSA) is 50.2 Å². The maximum Gasteiger partial charge on any atom is 0.303 e. The van der Waals surface area contributed by atoms with Crippen molar-refractivity contribution in [2.45, 2.75) is 19.8 Å². The van der Waals surface area contributed by atoms with Crippen LogP contribution in [0, 0.1) is 6.92 Å². The minimum Gasteiger partial charge on any atom is -0.481 e. The number of carboxylic acids is 1. The van der Waals surface area contributed by atoms with Gasteiger partial charge in [0.05, 0.1) is 0 Å². The molecule has 70 valence electrons. The first-order valence-electron chi connectivity index (χ1n) is 3.93. The Bertz CT molecular complexity index is 305. The highest BCUT2D eigenvalue weighted by Crippen LogP contribution is 2.11. The molecule has 0 aliphatic heterocycles. The van der Waals surface area contributed by atoms with Crippen LogP contribution in [0.25, 0.3) is 0 Å². The van der Waals surface area contributed by atoms with Crippen molar-refractivity contribution in [3.05, 3.63) is 28.5 Å². The average molecular weight is 200 g/mol. The molecule has 0 fully saturated rings. The Hall–Kier alpha value is -1.09. The molecule has 0 saturated heterocycles. The summed E-state index contributed by atoms with van der Waals surface area (Å²) in [5.41, 5.74) is 1.73. The second-order valence-electron chi connectivity index (χ2n) is 2.83. The first kappa shape index (κ1) is 9.99.